The van der Waals surface area contributed by atoms with Crippen molar-refractivity contribution in [2.45, 2.75) is 56.9 Å². The molecule has 1 saturated heterocycles. The van der Waals surface area contributed by atoms with Gasteiger partial charge in [0.2, 0.25) is 0 Å². The van der Waals surface area contributed by atoms with Crippen molar-refractivity contribution in [3.8, 4) is 5.69 Å². The number of halogens is 4. The van der Waals surface area contributed by atoms with E-state index in [1.807, 2.05) is 18.2 Å². The molecule has 1 aromatic carbocycles. The zero-order valence-electron chi connectivity index (χ0n) is 19.5. The number of nitrogens with zero attached hydrogens (tertiary/aromatic N) is 7. The van der Waals surface area contributed by atoms with Crippen molar-refractivity contribution in [3.63, 3.8) is 0 Å². The van der Waals surface area contributed by atoms with Crippen LogP contribution in [-0.4, -0.2) is 54.9 Å². The number of hydrogen-bond acceptors (Lipinski definition) is 6. The summed E-state index contributed by atoms with van der Waals surface area (Å²) >= 11 is 6.34. The Morgan fingerprint density at radius 2 is 1.83 bits per heavy atom. The van der Waals surface area contributed by atoms with Gasteiger partial charge in [0, 0.05) is 54.4 Å². The van der Waals surface area contributed by atoms with Crippen LogP contribution < -0.4 is 4.90 Å². The van der Waals surface area contributed by atoms with Crippen molar-refractivity contribution in [2.24, 2.45) is 11.3 Å². The van der Waals surface area contributed by atoms with Crippen LogP contribution in [0.25, 0.3) is 5.69 Å². The third-order valence-corrected chi connectivity index (χ3v) is 8.73. The molecule has 4 aliphatic rings. The summed E-state index contributed by atoms with van der Waals surface area (Å²) in [6.07, 6.45) is 3.41. The van der Waals surface area contributed by atoms with Gasteiger partial charge in [-0.05, 0) is 49.4 Å². The molecule has 0 amide bonds. The molecule has 2 aliphatic carbocycles. The van der Waals surface area contributed by atoms with Gasteiger partial charge in [-0.2, -0.15) is 13.2 Å². The van der Waals surface area contributed by atoms with Crippen LogP contribution in [0.2, 0.25) is 5.02 Å². The predicted octanol–water partition coefficient (Wildman–Crippen LogP) is 4.75. The lowest BCUT2D eigenvalue weighted by Crippen LogP contribution is -2.62. The highest BCUT2D eigenvalue weighted by Gasteiger charge is 2.55. The lowest BCUT2D eigenvalue weighted by atomic mass is 9.57. The first-order chi connectivity index (χ1) is 17.3. The zero-order valence-corrected chi connectivity index (χ0v) is 20.3. The Hall–Kier alpha value is -2.72. The van der Waals surface area contributed by atoms with Crippen LogP contribution in [0.15, 0.2) is 36.8 Å². The molecule has 36 heavy (non-hydrogen) atoms. The molecular weight excluding hydrogens is 491 g/mol. The number of hydrogen-bond donors (Lipinski definition) is 0. The predicted molar refractivity (Wildman–Crippen MR) is 127 cm³/mol. The van der Waals surface area contributed by atoms with Crippen molar-refractivity contribution in [1.82, 2.24) is 29.6 Å². The first kappa shape index (κ1) is 22.5. The molecular formula is C25H25ClF3N7. The standard InChI is InChI=1S/C25H25ClF3N7/c26-18-1-2-20-15(5-18)11-34(19-6-17(7-19)25(27,28)29)12-22-32-33-23(36(20)22)16-8-24(9-16)13-35(14-24)21-10-30-3-4-31-21/h1-5,10,16-17,19H,6-9,11-14H2. The van der Waals surface area contributed by atoms with Crippen LogP contribution in [0.1, 0.15) is 48.8 Å². The lowest BCUT2D eigenvalue weighted by molar-refractivity contribution is -0.207. The number of rotatable bonds is 3. The molecule has 0 radical (unpaired) electrons. The van der Waals surface area contributed by atoms with Crippen LogP contribution in [0, 0.1) is 11.3 Å². The summed E-state index contributed by atoms with van der Waals surface area (Å²) in [6.45, 7) is 2.96. The molecule has 0 unspecified atom stereocenters. The van der Waals surface area contributed by atoms with Gasteiger partial charge in [-0.15, -0.1) is 10.2 Å². The SMILES string of the molecule is FC(F)(F)C1CC(N2Cc3cc(Cl)ccc3-n3c(nnc3C3CC4(C3)CN(c3cnccn3)C4)C2)C1. The third kappa shape index (κ3) is 3.60. The van der Waals surface area contributed by atoms with Gasteiger partial charge < -0.3 is 4.90 Å². The summed E-state index contributed by atoms with van der Waals surface area (Å²) in [7, 11) is 0. The molecule has 2 aromatic heterocycles. The molecule has 3 fully saturated rings. The lowest BCUT2D eigenvalue weighted by Gasteiger charge is -2.59. The Balaban J connectivity index is 1.12. The third-order valence-electron chi connectivity index (χ3n) is 8.50. The monoisotopic (exact) mass is 515 g/mol. The van der Waals surface area contributed by atoms with Gasteiger partial charge in [0.25, 0.3) is 0 Å². The van der Waals surface area contributed by atoms with Crippen molar-refractivity contribution in [3.05, 3.63) is 59.0 Å². The second-order valence-electron chi connectivity index (χ2n) is 10.9. The van der Waals surface area contributed by atoms with Crippen molar-refractivity contribution >= 4 is 17.4 Å². The second kappa shape index (κ2) is 7.89. The highest BCUT2D eigenvalue weighted by molar-refractivity contribution is 6.30. The van der Waals surface area contributed by atoms with E-state index in [1.54, 1.807) is 18.6 Å². The number of fused-ring (bicyclic) bond motifs is 3. The topological polar surface area (TPSA) is 63.0 Å². The molecule has 0 N–H and O–H groups in total. The van der Waals surface area contributed by atoms with E-state index in [2.05, 4.69) is 34.5 Å². The molecule has 1 spiro atoms. The number of benzene rings is 1. The number of anilines is 1. The second-order valence-corrected chi connectivity index (χ2v) is 11.3. The van der Waals surface area contributed by atoms with Gasteiger partial charge >= 0.3 is 6.18 Å². The molecule has 188 valence electrons. The fraction of sp³-hybridized carbons (Fsp3) is 0.520. The Labute approximate surface area is 211 Å². The molecule has 7 rings (SSSR count). The molecule has 2 saturated carbocycles. The highest BCUT2D eigenvalue weighted by atomic mass is 35.5. The van der Waals surface area contributed by atoms with Gasteiger partial charge in [0.05, 0.1) is 24.3 Å². The van der Waals surface area contributed by atoms with Crippen LogP contribution in [0.5, 0.6) is 0 Å². The van der Waals surface area contributed by atoms with E-state index in [1.165, 1.54) is 0 Å². The zero-order chi connectivity index (χ0) is 24.7. The maximum Gasteiger partial charge on any atom is 0.391 e. The maximum absolute atomic E-state index is 13.1. The van der Waals surface area contributed by atoms with Gasteiger partial charge in [-0.25, -0.2) is 4.98 Å². The minimum absolute atomic E-state index is 0.121. The fourth-order valence-electron chi connectivity index (χ4n) is 6.53. The first-order valence-electron chi connectivity index (χ1n) is 12.3. The quantitative estimate of drug-likeness (QED) is 0.501. The summed E-state index contributed by atoms with van der Waals surface area (Å²) in [5, 5.41) is 9.77. The average molecular weight is 516 g/mol. The summed E-state index contributed by atoms with van der Waals surface area (Å²) in [4.78, 5) is 12.9. The summed E-state index contributed by atoms with van der Waals surface area (Å²) in [5.41, 5.74) is 2.26. The van der Waals surface area contributed by atoms with Crippen molar-refractivity contribution in [1.29, 1.82) is 0 Å². The molecule has 0 bridgehead atoms. The summed E-state index contributed by atoms with van der Waals surface area (Å²) in [5.74, 6) is 1.73. The molecule has 11 heteroatoms. The largest absolute Gasteiger partial charge is 0.391 e. The van der Waals surface area contributed by atoms with Crippen LogP contribution >= 0.6 is 11.6 Å². The van der Waals surface area contributed by atoms with E-state index in [9.17, 15) is 13.2 Å². The van der Waals surface area contributed by atoms with E-state index in [0.29, 0.717) is 24.0 Å². The minimum Gasteiger partial charge on any atom is -0.354 e. The number of alkyl halides is 3. The Bertz CT molecular complexity index is 1290. The molecule has 3 aromatic rings. The van der Waals surface area contributed by atoms with Crippen LogP contribution in [0.3, 0.4) is 0 Å². The smallest absolute Gasteiger partial charge is 0.354 e. The summed E-state index contributed by atoms with van der Waals surface area (Å²) < 4.78 is 41.5. The Morgan fingerprint density at radius 3 is 2.56 bits per heavy atom. The van der Waals surface area contributed by atoms with E-state index < -0.39 is 12.1 Å². The Kier molecular flexibility index (Phi) is 4.92. The molecule has 4 heterocycles. The van der Waals surface area contributed by atoms with E-state index in [4.69, 9.17) is 11.6 Å². The van der Waals surface area contributed by atoms with Gasteiger partial charge in [0.1, 0.15) is 11.6 Å². The van der Waals surface area contributed by atoms with E-state index in [0.717, 1.165) is 54.6 Å². The summed E-state index contributed by atoms with van der Waals surface area (Å²) in [6, 6.07) is 5.66. The van der Waals surface area contributed by atoms with Crippen molar-refractivity contribution < 1.29 is 13.2 Å². The number of aromatic nitrogens is 5. The Morgan fingerprint density at radius 1 is 1.03 bits per heavy atom. The molecule has 2 aliphatic heterocycles. The van der Waals surface area contributed by atoms with Gasteiger partial charge in [-0.1, -0.05) is 11.6 Å². The highest BCUT2D eigenvalue weighted by Crippen LogP contribution is 2.56. The van der Waals surface area contributed by atoms with Gasteiger partial charge in [0.15, 0.2) is 5.82 Å². The maximum atomic E-state index is 13.1. The van der Waals surface area contributed by atoms with Crippen LogP contribution in [-0.2, 0) is 13.1 Å². The van der Waals surface area contributed by atoms with E-state index in [-0.39, 0.29) is 24.3 Å². The first-order valence-corrected chi connectivity index (χ1v) is 12.7. The van der Waals surface area contributed by atoms with E-state index >= 15 is 0 Å². The molecule has 0 atom stereocenters. The minimum atomic E-state index is -4.12. The normalized spacial score (nSPS) is 25.4. The fourth-order valence-corrected chi connectivity index (χ4v) is 6.73. The van der Waals surface area contributed by atoms with Gasteiger partial charge in [-0.3, -0.25) is 14.5 Å². The van der Waals surface area contributed by atoms with Crippen molar-refractivity contribution in [2.75, 3.05) is 18.0 Å². The van der Waals surface area contributed by atoms with Crippen LogP contribution in [0.4, 0.5) is 19.0 Å². The average Bonchev–Trinajstić information content (AvgIpc) is 3.06. The molecule has 7 nitrogen and oxygen atoms in total.